The first kappa shape index (κ1) is 23.4. The summed E-state index contributed by atoms with van der Waals surface area (Å²) in [6, 6.07) is 0. The fourth-order valence-electron chi connectivity index (χ4n) is 2.89. The van der Waals surface area contributed by atoms with E-state index in [0.29, 0.717) is 0 Å². The maximum absolute atomic E-state index is 4.01. The molecule has 0 heterocycles. The third-order valence-electron chi connectivity index (χ3n) is 3.54. The van der Waals surface area contributed by atoms with E-state index < -0.39 is 17.7 Å². The van der Waals surface area contributed by atoms with Crippen molar-refractivity contribution in [3.8, 4) is 0 Å². The van der Waals surface area contributed by atoms with Gasteiger partial charge in [0.25, 0.3) is 0 Å². The van der Waals surface area contributed by atoms with Crippen molar-refractivity contribution in [3.63, 3.8) is 0 Å². The van der Waals surface area contributed by atoms with Crippen LogP contribution in [-0.2, 0) is 17.7 Å². The van der Waals surface area contributed by atoms with Gasteiger partial charge >= 0.3 is 117 Å². The molecule has 0 amide bonds. The molecule has 0 unspecified atom stereocenters. The molecule has 1 rings (SSSR count). The zero-order valence-corrected chi connectivity index (χ0v) is 19.9. The van der Waals surface area contributed by atoms with E-state index in [2.05, 4.69) is 73.1 Å². The molecule has 0 radical (unpaired) electrons. The maximum atomic E-state index is 4.01. The van der Waals surface area contributed by atoms with E-state index in [1.54, 1.807) is 3.28 Å². The summed E-state index contributed by atoms with van der Waals surface area (Å²) in [6.07, 6.45) is 6.10. The molecule has 5 heteroatoms. The molecule has 0 fully saturated rings. The number of allylic oxidation sites excluding steroid dienone is 4. The monoisotopic (exact) mass is 415 g/mol. The van der Waals surface area contributed by atoms with Crippen molar-refractivity contribution in [3.05, 3.63) is 21.0 Å². The summed E-state index contributed by atoms with van der Waals surface area (Å²) in [4.78, 5) is 0. The first-order valence-corrected chi connectivity index (χ1v) is 20.3. The molecule has 0 saturated heterocycles. The maximum Gasteiger partial charge on any atom is -0.147 e. The van der Waals surface area contributed by atoms with Gasteiger partial charge in [0.05, 0.1) is 0 Å². The molecule has 0 aromatic rings. The Kier molecular flexibility index (Phi) is 7.84. The molecule has 1 N–H and O–H groups in total. The van der Waals surface area contributed by atoms with E-state index in [0.717, 1.165) is 6.42 Å². The van der Waals surface area contributed by atoms with Gasteiger partial charge in [0, 0.05) is 0 Å². The van der Waals surface area contributed by atoms with Gasteiger partial charge in [0.2, 0.25) is 0 Å². The zero-order chi connectivity index (χ0) is 14.4. The van der Waals surface area contributed by atoms with E-state index in [4.69, 9.17) is 0 Å². The number of rotatable bonds is 2. The molecule has 0 aliphatic heterocycles. The second-order valence-electron chi connectivity index (χ2n) is 8.84. The summed E-state index contributed by atoms with van der Waals surface area (Å²) in [5.41, 5.74) is 2.01. The molecule has 0 aromatic carbocycles. The van der Waals surface area contributed by atoms with Crippen LogP contribution in [0.25, 0.3) is 0 Å². The summed E-state index contributed by atoms with van der Waals surface area (Å²) in [7, 11) is 0. The Morgan fingerprint density at radius 2 is 1.50 bits per heavy atom. The SMILES string of the molecule is CC(C)(C)[NH][Zr]([CH3])([CH3])(=[SiH2])[C]1=CC(C(C)(C)C)=CC1.Cl.Cl. The van der Waals surface area contributed by atoms with Gasteiger partial charge in [-0.15, -0.1) is 24.8 Å². The first-order chi connectivity index (χ1) is 7.69. The van der Waals surface area contributed by atoms with E-state index in [1.165, 1.54) is 5.57 Å². The fraction of sp³-hybridized carbons (Fsp3) is 0.733. The number of hydrogen-bond donors (Lipinski definition) is 1. The molecule has 1 aliphatic rings. The van der Waals surface area contributed by atoms with Crippen LogP contribution in [0.15, 0.2) is 21.0 Å². The standard InChI is InChI=1S/C9H13.C4H10N.2CH3.2ClH.H2Si.Zr/c1-9(2,3)8-6-4-5-7-8;1-4(2,3)5;;;;;;/h6-7H,4H2,1-3H3;5H,1-3H3;2*1H3;2*1H;1H2;/q;-1;;;;;;+1. The van der Waals surface area contributed by atoms with E-state index in [1.807, 2.05) is 0 Å². The Hall–Kier alpha value is 1.12. The Balaban J connectivity index is 0. The summed E-state index contributed by atoms with van der Waals surface area (Å²) in [5, 5.41) is 0. The molecular formula is C15H33Cl2NSiZr. The molecular weight excluding hydrogens is 384 g/mol. The molecule has 0 bridgehead atoms. The van der Waals surface area contributed by atoms with Crippen molar-refractivity contribution >= 4 is 31.7 Å². The van der Waals surface area contributed by atoms with Crippen molar-refractivity contribution in [1.29, 1.82) is 0 Å². The third kappa shape index (κ3) is 6.48. The van der Waals surface area contributed by atoms with Crippen molar-refractivity contribution in [2.45, 2.75) is 62.8 Å². The van der Waals surface area contributed by atoms with Crippen LogP contribution in [0.5, 0.6) is 0 Å². The third-order valence-corrected chi connectivity index (χ3v) is 17.0. The minimum absolute atomic E-state index is 0. The quantitative estimate of drug-likeness (QED) is 0.641. The van der Waals surface area contributed by atoms with Crippen LogP contribution >= 0.6 is 24.8 Å². The van der Waals surface area contributed by atoms with Crippen LogP contribution in [0.1, 0.15) is 48.0 Å². The molecule has 20 heavy (non-hydrogen) atoms. The Labute approximate surface area is 141 Å². The molecule has 0 saturated carbocycles. The second kappa shape index (κ2) is 6.71. The average Bonchev–Trinajstić information content (AvgIpc) is 2.42. The van der Waals surface area contributed by atoms with Crippen molar-refractivity contribution in [2.75, 3.05) is 0 Å². The van der Waals surface area contributed by atoms with Crippen molar-refractivity contribution < 1.29 is 17.7 Å². The van der Waals surface area contributed by atoms with Gasteiger partial charge in [-0.05, 0) is 0 Å². The summed E-state index contributed by atoms with van der Waals surface area (Å²) >= 11 is -2.87. The van der Waals surface area contributed by atoms with Gasteiger partial charge in [0.15, 0.2) is 0 Å². The number of hydrogen-bond acceptors (Lipinski definition) is 1. The van der Waals surface area contributed by atoms with Crippen LogP contribution in [0.3, 0.4) is 0 Å². The average molecular weight is 418 g/mol. The van der Waals surface area contributed by atoms with Crippen molar-refractivity contribution in [2.24, 2.45) is 5.41 Å². The summed E-state index contributed by atoms with van der Waals surface area (Å²) in [5.74, 6) is 0. The molecule has 1 aliphatic carbocycles. The molecule has 0 aromatic heterocycles. The van der Waals surface area contributed by atoms with E-state index >= 15 is 0 Å². The van der Waals surface area contributed by atoms with Crippen LogP contribution in [0.2, 0.25) is 9.26 Å². The van der Waals surface area contributed by atoms with Crippen LogP contribution in [0, 0.1) is 5.41 Å². The minimum atomic E-state index is -2.87. The largest absolute Gasteiger partial charge is 0.147 e. The smallest absolute Gasteiger partial charge is 0.147 e. The van der Waals surface area contributed by atoms with Gasteiger partial charge < -0.3 is 0 Å². The predicted octanol–water partition coefficient (Wildman–Crippen LogP) is 4.73. The molecule has 1 nitrogen and oxygen atoms in total. The van der Waals surface area contributed by atoms with Gasteiger partial charge in [-0.25, -0.2) is 0 Å². The van der Waals surface area contributed by atoms with E-state index in [9.17, 15) is 0 Å². The zero-order valence-electron chi connectivity index (χ0n) is 14.4. The van der Waals surface area contributed by atoms with Crippen LogP contribution < -0.4 is 3.26 Å². The van der Waals surface area contributed by atoms with E-state index in [-0.39, 0.29) is 35.8 Å². The number of halogens is 2. The normalized spacial score (nSPS) is 16.9. The number of nitrogens with one attached hydrogen (secondary N) is 1. The molecule has 0 atom stereocenters. The summed E-state index contributed by atoms with van der Waals surface area (Å²) in [6.45, 7) is 16.1. The Morgan fingerprint density at radius 3 is 1.80 bits per heavy atom. The minimum Gasteiger partial charge on any atom is -0.147 e. The summed E-state index contributed by atoms with van der Waals surface area (Å²) < 4.78 is 10.8. The van der Waals surface area contributed by atoms with Gasteiger partial charge in [-0.2, -0.15) is 0 Å². The van der Waals surface area contributed by atoms with Crippen LogP contribution in [-0.4, -0.2) is 12.4 Å². The second-order valence-corrected chi connectivity index (χ2v) is 36.8. The molecule has 0 spiro atoms. The first-order valence-electron chi connectivity index (χ1n) is 6.98. The van der Waals surface area contributed by atoms with Gasteiger partial charge in [-0.3, -0.25) is 0 Å². The van der Waals surface area contributed by atoms with Gasteiger partial charge in [0.1, 0.15) is 0 Å². The van der Waals surface area contributed by atoms with Crippen molar-refractivity contribution in [1.82, 2.24) is 3.26 Å². The Bertz CT molecular complexity index is 473. The van der Waals surface area contributed by atoms with Crippen LogP contribution in [0.4, 0.5) is 0 Å². The van der Waals surface area contributed by atoms with Gasteiger partial charge in [-0.1, -0.05) is 0 Å². The predicted molar refractivity (Wildman–Crippen MR) is 97.9 cm³/mol. The Morgan fingerprint density at radius 1 is 1.05 bits per heavy atom. The topological polar surface area (TPSA) is 12.0 Å². The molecule has 120 valence electrons. The fourth-order valence-corrected chi connectivity index (χ4v) is 17.2.